The smallest absolute Gasteiger partial charge is 0.157 e. The highest BCUT2D eigenvalue weighted by molar-refractivity contribution is 5.11. The van der Waals surface area contributed by atoms with Crippen LogP contribution in [0.25, 0.3) is 0 Å². The van der Waals surface area contributed by atoms with E-state index in [1.54, 1.807) is 6.20 Å². The number of nitrogens with zero attached hydrogens (tertiary/aromatic N) is 2. The second kappa shape index (κ2) is 5.03. The molecule has 0 saturated heterocycles. The van der Waals surface area contributed by atoms with Gasteiger partial charge >= 0.3 is 0 Å². The Bertz CT molecular complexity index is 268. The predicted octanol–water partition coefficient (Wildman–Crippen LogP) is 2.89. The summed E-state index contributed by atoms with van der Waals surface area (Å²) in [4.78, 5) is 0. The Hall–Kier alpha value is -0.990. The van der Waals surface area contributed by atoms with Gasteiger partial charge < -0.3 is 4.74 Å². The summed E-state index contributed by atoms with van der Waals surface area (Å²) in [5.74, 6) is 1.48. The lowest BCUT2D eigenvalue weighted by molar-refractivity contribution is 0.256. The highest BCUT2D eigenvalue weighted by Crippen LogP contribution is 2.13. The number of ether oxygens (including phenoxy) is 1. The zero-order valence-electron chi connectivity index (χ0n) is 9.53. The van der Waals surface area contributed by atoms with Crippen molar-refractivity contribution in [2.45, 2.75) is 40.2 Å². The third kappa shape index (κ3) is 3.05. The summed E-state index contributed by atoms with van der Waals surface area (Å²) in [5.41, 5.74) is 0. The number of aromatic nitrogens is 2. The molecule has 0 fully saturated rings. The van der Waals surface area contributed by atoms with Crippen molar-refractivity contribution < 1.29 is 4.74 Å². The van der Waals surface area contributed by atoms with Crippen LogP contribution in [0.1, 0.15) is 40.2 Å². The van der Waals surface area contributed by atoms with E-state index in [0.29, 0.717) is 12.0 Å². The second-order valence-electron chi connectivity index (χ2n) is 4.07. The van der Waals surface area contributed by atoms with Crippen LogP contribution in [0.15, 0.2) is 12.4 Å². The van der Waals surface area contributed by atoms with Crippen molar-refractivity contribution >= 4 is 0 Å². The minimum absolute atomic E-state index is 0.399. The lowest BCUT2D eigenvalue weighted by Crippen LogP contribution is -2.06. The maximum Gasteiger partial charge on any atom is 0.157 e. The summed E-state index contributed by atoms with van der Waals surface area (Å²) >= 11 is 0. The van der Waals surface area contributed by atoms with Crippen LogP contribution in [0.4, 0.5) is 0 Å². The fourth-order valence-corrected chi connectivity index (χ4v) is 1.03. The van der Waals surface area contributed by atoms with Crippen LogP contribution in [-0.4, -0.2) is 16.4 Å². The normalized spacial score (nSPS) is 13.2. The van der Waals surface area contributed by atoms with E-state index >= 15 is 0 Å². The van der Waals surface area contributed by atoms with E-state index < -0.39 is 0 Å². The molecule has 0 N–H and O–H groups in total. The van der Waals surface area contributed by atoms with Crippen LogP contribution in [0.2, 0.25) is 0 Å². The summed E-state index contributed by atoms with van der Waals surface area (Å²) < 4.78 is 7.51. The molecule has 0 aliphatic heterocycles. The van der Waals surface area contributed by atoms with Gasteiger partial charge in [-0.25, -0.2) is 0 Å². The fourth-order valence-electron chi connectivity index (χ4n) is 1.03. The Balaban J connectivity index is 2.44. The van der Waals surface area contributed by atoms with Crippen LogP contribution in [0.5, 0.6) is 5.75 Å². The van der Waals surface area contributed by atoms with Crippen molar-refractivity contribution in [1.29, 1.82) is 0 Å². The standard InChI is InChI=1S/C11H20N2O/c1-5-10(4)8-14-11-6-12-13(7-11)9(2)3/h6-7,9-10H,5,8H2,1-4H3. The third-order valence-electron chi connectivity index (χ3n) is 2.34. The van der Waals surface area contributed by atoms with Crippen molar-refractivity contribution in [2.24, 2.45) is 5.92 Å². The maximum absolute atomic E-state index is 5.61. The van der Waals surface area contributed by atoms with Gasteiger partial charge in [-0.3, -0.25) is 4.68 Å². The highest BCUT2D eigenvalue weighted by atomic mass is 16.5. The molecule has 80 valence electrons. The van der Waals surface area contributed by atoms with Gasteiger partial charge in [0.2, 0.25) is 0 Å². The summed E-state index contributed by atoms with van der Waals surface area (Å²) in [7, 11) is 0. The van der Waals surface area contributed by atoms with Gasteiger partial charge in [-0.2, -0.15) is 5.10 Å². The first-order chi connectivity index (χ1) is 6.63. The average Bonchev–Trinajstić information content (AvgIpc) is 2.62. The zero-order chi connectivity index (χ0) is 10.6. The molecule has 0 aliphatic carbocycles. The quantitative estimate of drug-likeness (QED) is 0.724. The molecule has 0 aromatic carbocycles. The molecular formula is C11H20N2O. The molecule has 1 aromatic heterocycles. The van der Waals surface area contributed by atoms with Gasteiger partial charge in [-0.05, 0) is 19.8 Å². The molecule has 0 aliphatic rings. The summed E-state index contributed by atoms with van der Waals surface area (Å²) in [6.07, 6.45) is 4.88. The molecule has 0 bridgehead atoms. The second-order valence-corrected chi connectivity index (χ2v) is 4.07. The van der Waals surface area contributed by atoms with Crippen LogP contribution in [0, 0.1) is 5.92 Å². The van der Waals surface area contributed by atoms with E-state index in [9.17, 15) is 0 Å². The summed E-state index contributed by atoms with van der Waals surface area (Å²) in [6, 6.07) is 0.399. The van der Waals surface area contributed by atoms with Crippen LogP contribution >= 0.6 is 0 Å². The molecule has 1 unspecified atom stereocenters. The largest absolute Gasteiger partial charge is 0.490 e. The lowest BCUT2D eigenvalue weighted by Gasteiger charge is -2.08. The van der Waals surface area contributed by atoms with E-state index in [-0.39, 0.29) is 0 Å². The maximum atomic E-state index is 5.61. The average molecular weight is 196 g/mol. The van der Waals surface area contributed by atoms with E-state index in [0.717, 1.165) is 18.8 Å². The van der Waals surface area contributed by atoms with Gasteiger partial charge in [0.1, 0.15) is 0 Å². The molecule has 0 amide bonds. The van der Waals surface area contributed by atoms with Crippen molar-refractivity contribution in [2.75, 3.05) is 6.61 Å². The first-order valence-electron chi connectivity index (χ1n) is 5.30. The molecule has 1 rings (SSSR count). The Morgan fingerprint density at radius 2 is 2.14 bits per heavy atom. The van der Waals surface area contributed by atoms with Crippen LogP contribution in [-0.2, 0) is 0 Å². The SMILES string of the molecule is CCC(C)COc1cnn(C(C)C)c1. The van der Waals surface area contributed by atoms with E-state index in [2.05, 4.69) is 32.8 Å². The van der Waals surface area contributed by atoms with E-state index in [1.165, 1.54) is 0 Å². The van der Waals surface area contributed by atoms with Gasteiger partial charge in [0.15, 0.2) is 5.75 Å². The number of hydrogen-bond donors (Lipinski definition) is 0. The van der Waals surface area contributed by atoms with Crippen LogP contribution in [0.3, 0.4) is 0 Å². The monoisotopic (exact) mass is 196 g/mol. The van der Waals surface area contributed by atoms with Gasteiger partial charge in [-0.1, -0.05) is 20.3 Å². The first kappa shape index (κ1) is 11.1. The zero-order valence-corrected chi connectivity index (χ0v) is 9.53. The number of rotatable bonds is 5. The Morgan fingerprint density at radius 1 is 1.43 bits per heavy atom. The molecule has 0 saturated carbocycles. The molecular weight excluding hydrogens is 176 g/mol. The molecule has 14 heavy (non-hydrogen) atoms. The van der Waals surface area contributed by atoms with Gasteiger partial charge in [0.25, 0.3) is 0 Å². The molecule has 0 radical (unpaired) electrons. The van der Waals surface area contributed by atoms with Crippen molar-refractivity contribution in [1.82, 2.24) is 9.78 Å². The van der Waals surface area contributed by atoms with Crippen molar-refractivity contribution in [3.63, 3.8) is 0 Å². The predicted molar refractivity (Wildman–Crippen MR) is 57.6 cm³/mol. The van der Waals surface area contributed by atoms with Gasteiger partial charge in [-0.15, -0.1) is 0 Å². The molecule has 1 heterocycles. The minimum Gasteiger partial charge on any atom is -0.490 e. The molecule has 1 aromatic rings. The Morgan fingerprint density at radius 3 is 2.64 bits per heavy atom. The topological polar surface area (TPSA) is 27.1 Å². The van der Waals surface area contributed by atoms with E-state index in [4.69, 9.17) is 4.74 Å². The molecule has 1 atom stereocenters. The summed E-state index contributed by atoms with van der Waals surface area (Å²) in [6.45, 7) is 9.34. The van der Waals surface area contributed by atoms with Crippen molar-refractivity contribution in [3.8, 4) is 5.75 Å². The number of hydrogen-bond acceptors (Lipinski definition) is 2. The minimum atomic E-state index is 0.399. The Labute approximate surface area is 86.1 Å². The lowest BCUT2D eigenvalue weighted by atomic mass is 10.1. The highest BCUT2D eigenvalue weighted by Gasteiger charge is 2.04. The summed E-state index contributed by atoms with van der Waals surface area (Å²) in [5, 5.41) is 4.21. The fraction of sp³-hybridized carbons (Fsp3) is 0.727. The molecule has 0 spiro atoms. The Kier molecular flexibility index (Phi) is 3.98. The van der Waals surface area contributed by atoms with Crippen molar-refractivity contribution in [3.05, 3.63) is 12.4 Å². The first-order valence-corrected chi connectivity index (χ1v) is 5.30. The van der Waals surface area contributed by atoms with Crippen LogP contribution < -0.4 is 4.74 Å². The molecule has 3 heteroatoms. The van der Waals surface area contributed by atoms with Gasteiger partial charge in [0.05, 0.1) is 19.0 Å². The molecule has 3 nitrogen and oxygen atoms in total. The van der Waals surface area contributed by atoms with Gasteiger partial charge in [0, 0.05) is 6.04 Å². The van der Waals surface area contributed by atoms with E-state index in [1.807, 2.05) is 10.9 Å². The third-order valence-corrected chi connectivity index (χ3v) is 2.34.